The van der Waals surface area contributed by atoms with Crippen LogP contribution < -0.4 is 11.1 Å². The van der Waals surface area contributed by atoms with E-state index < -0.39 is 0 Å². The number of carbonyl (C=O) groups is 1. The fourth-order valence-corrected chi connectivity index (χ4v) is 2.51. The summed E-state index contributed by atoms with van der Waals surface area (Å²) in [6.45, 7) is 6.73. The Morgan fingerprint density at radius 3 is 2.62 bits per heavy atom. The lowest BCUT2D eigenvalue weighted by Gasteiger charge is -2.33. The van der Waals surface area contributed by atoms with Crippen molar-refractivity contribution in [3.8, 4) is 0 Å². The first-order valence-corrected chi connectivity index (χ1v) is 6.27. The lowest BCUT2D eigenvalue weighted by atomic mass is 9.93. The molecule has 0 aliphatic carbocycles. The Bertz CT molecular complexity index is 212. The fraction of sp³-hybridized carbons (Fsp3) is 0.917. The smallest absolute Gasteiger partial charge is 0.217 e. The summed E-state index contributed by atoms with van der Waals surface area (Å²) < 4.78 is 0. The van der Waals surface area contributed by atoms with Gasteiger partial charge in [0.15, 0.2) is 0 Å². The Hall–Kier alpha value is -0.610. The third-order valence-corrected chi connectivity index (χ3v) is 3.32. The molecule has 3 N–H and O–H groups in total. The summed E-state index contributed by atoms with van der Waals surface area (Å²) in [5.74, 6) is 1.06. The molecule has 1 rings (SSSR count). The number of nitrogens with one attached hydrogen (secondary N) is 1. The SMILES string of the molecule is CNCC(C)CN1CCC(CC(N)=O)CC1. The van der Waals surface area contributed by atoms with E-state index in [0.29, 0.717) is 18.3 Å². The summed E-state index contributed by atoms with van der Waals surface area (Å²) >= 11 is 0. The van der Waals surface area contributed by atoms with E-state index in [-0.39, 0.29) is 5.91 Å². The average Bonchev–Trinajstić information content (AvgIpc) is 2.20. The molecular weight excluding hydrogens is 202 g/mol. The summed E-state index contributed by atoms with van der Waals surface area (Å²) in [7, 11) is 2.00. The Kier molecular flexibility index (Phi) is 5.77. The number of nitrogens with zero attached hydrogens (tertiary/aromatic N) is 1. The van der Waals surface area contributed by atoms with E-state index >= 15 is 0 Å². The molecule has 1 atom stereocenters. The van der Waals surface area contributed by atoms with Crippen LogP contribution >= 0.6 is 0 Å². The Labute approximate surface area is 98.6 Å². The highest BCUT2D eigenvalue weighted by Gasteiger charge is 2.21. The van der Waals surface area contributed by atoms with Crippen LogP contribution in [0.4, 0.5) is 0 Å². The number of primary amides is 1. The normalized spacial score (nSPS) is 20.9. The fourth-order valence-electron chi connectivity index (χ4n) is 2.51. The standard InChI is InChI=1S/C12H25N3O/c1-10(8-14-2)9-15-5-3-11(4-6-15)7-12(13)16/h10-11,14H,3-9H2,1-2H3,(H2,13,16). The molecule has 4 heteroatoms. The predicted molar refractivity (Wildman–Crippen MR) is 66.1 cm³/mol. The number of rotatable bonds is 6. The van der Waals surface area contributed by atoms with Crippen LogP contribution in [0.3, 0.4) is 0 Å². The second kappa shape index (κ2) is 6.86. The molecule has 0 bridgehead atoms. The molecule has 0 aromatic rings. The minimum Gasteiger partial charge on any atom is -0.370 e. The van der Waals surface area contributed by atoms with Crippen molar-refractivity contribution >= 4 is 5.91 Å². The third-order valence-electron chi connectivity index (χ3n) is 3.32. The van der Waals surface area contributed by atoms with Crippen molar-refractivity contribution in [3.05, 3.63) is 0 Å². The zero-order valence-corrected chi connectivity index (χ0v) is 10.5. The van der Waals surface area contributed by atoms with Gasteiger partial charge in [0.05, 0.1) is 0 Å². The molecule has 1 saturated heterocycles. The van der Waals surface area contributed by atoms with Crippen molar-refractivity contribution in [1.82, 2.24) is 10.2 Å². The van der Waals surface area contributed by atoms with E-state index in [9.17, 15) is 4.79 Å². The number of piperidine rings is 1. The maximum Gasteiger partial charge on any atom is 0.217 e. The van der Waals surface area contributed by atoms with Crippen LogP contribution in [0.2, 0.25) is 0 Å². The Morgan fingerprint density at radius 1 is 1.50 bits per heavy atom. The van der Waals surface area contributed by atoms with Gasteiger partial charge in [0.2, 0.25) is 5.91 Å². The van der Waals surface area contributed by atoms with Gasteiger partial charge in [-0.05, 0) is 51.4 Å². The number of nitrogens with two attached hydrogens (primary N) is 1. The summed E-state index contributed by atoms with van der Waals surface area (Å²) in [6.07, 6.45) is 2.81. The number of carbonyl (C=O) groups excluding carboxylic acids is 1. The third kappa shape index (κ3) is 4.94. The van der Waals surface area contributed by atoms with Gasteiger partial charge in [-0.25, -0.2) is 0 Å². The highest BCUT2D eigenvalue weighted by Crippen LogP contribution is 2.20. The lowest BCUT2D eigenvalue weighted by molar-refractivity contribution is -0.119. The molecule has 0 spiro atoms. The maximum atomic E-state index is 10.8. The van der Waals surface area contributed by atoms with E-state index in [2.05, 4.69) is 17.1 Å². The van der Waals surface area contributed by atoms with E-state index in [0.717, 1.165) is 39.0 Å². The topological polar surface area (TPSA) is 58.4 Å². The van der Waals surface area contributed by atoms with Crippen molar-refractivity contribution in [1.29, 1.82) is 0 Å². The second-order valence-corrected chi connectivity index (χ2v) is 5.08. The minimum absolute atomic E-state index is 0.151. The first-order valence-electron chi connectivity index (χ1n) is 6.27. The van der Waals surface area contributed by atoms with Crippen LogP contribution in [0, 0.1) is 11.8 Å². The van der Waals surface area contributed by atoms with Crippen LogP contribution in [0.5, 0.6) is 0 Å². The van der Waals surface area contributed by atoms with Gasteiger partial charge in [-0.3, -0.25) is 4.79 Å². The van der Waals surface area contributed by atoms with E-state index in [4.69, 9.17) is 5.73 Å². The molecular formula is C12H25N3O. The van der Waals surface area contributed by atoms with Crippen LogP contribution in [0.15, 0.2) is 0 Å². The first-order chi connectivity index (χ1) is 7.61. The van der Waals surface area contributed by atoms with Crippen LogP contribution in [-0.4, -0.2) is 44.0 Å². The maximum absolute atomic E-state index is 10.8. The summed E-state index contributed by atoms with van der Waals surface area (Å²) in [6, 6.07) is 0. The lowest BCUT2D eigenvalue weighted by Crippen LogP contribution is -2.39. The Balaban J connectivity index is 2.18. The van der Waals surface area contributed by atoms with E-state index in [1.807, 2.05) is 7.05 Å². The molecule has 1 fully saturated rings. The molecule has 1 heterocycles. The molecule has 0 aromatic heterocycles. The number of likely N-dealkylation sites (tertiary alicyclic amines) is 1. The van der Waals surface area contributed by atoms with Gasteiger partial charge in [0.1, 0.15) is 0 Å². The molecule has 0 radical (unpaired) electrons. The molecule has 1 aliphatic rings. The highest BCUT2D eigenvalue weighted by molar-refractivity contribution is 5.73. The van der Waals surface area contributed by atoms with Gasteiger partial charge >= 0.3 is 0 Å². The summed E-state index contributed by atoms with van der Waals surface area (Å²) in [5.41, 5.74) is 5.22. The predicted octanol–water partition coefficient (Wildman–Crippen LogP) is 0.429. The number of amides is 1. The minimum atomic E-state index is -0.151. The van der Waals surface area contributed by atoms with Gasteiger partial charge in [-0.15, -0.1) is 0 Å². The van der Waals surface area contributed by atoms with Crippen molar-refractivity contribution in [2.75, 3.05) is 33.2 Å². The largest absolute Gasteiger partial charge is 0.370 e. The highest BCUT2D eigenvalue weighted by atomic mass is 16.1. The molecule has 1 unspecified atom stereocenters. The first kappa shape index (κ1) is 13.5. The summed E-state index contributed by atoms with van der Waals surface area (Å²) in [4.78, 5) is 13.3. The van der Waals surface area contributed by atoms with E-state index in [1.165, 1.54) is 0 Å². The second-order valence-electron chi connectivity index (χ2n) is 5.08. The molecule has 0 saturated carbocycles. The van der Waals surface area contributed by atoms with Crippen molar-refractivity contribution in [2.45, 2.75) is 26.2 Å². The van der Waals surface area contributed by atoms with Crippen molar-refractivity contribution < 1.29 is 4.79 Å². The molecule has 4 nitrogen and oxygen atoms in total. The molecule has 94 valence electrons. The zero-order valence-electron chi connectivity index (χ0n) is 10.5. The summed E-state index contributed by atoms with van der Waals surface area (Å²) in [5, 5.41) is 3.20. The molecule has 16 heavy (non-hydrogen) atoms. The van der Waals surface area contributed by atoms with Crippen molar-refractivity contribution in [3.63, 3.8) is 0 Å². The number of hydrogen-bond donors (Lipinski definition) is 2. The van der Waals surface area contributed by atoms with E-state index in [1.54, 1.807) is 0 Å². The van der Waals surface area contributed by atoms with Gasteiger partial charge < -0.3 is 16.0 Å². The van der Waals surface area contributed by atoms with Gasteiger partial charge in [0, 0.05) is 13.0 Å². The molecule has 0 aromatic carbocycles. The zero-order chi connectivity index (χ0) is 12.0. The average molecular weight is 227 g/mol. The van der Waals surface area contributed by atoms with Gasteiger partial charge in [-0.2, -0.15) is 0 Å². The van der Waals surface area contributed by atoms with Crippen molar-refractivity contribution in [2.24, 2.45) is 17.6 Å². The van der Waals surface area contributed by atoms with Gasteiger partial charge in [-0.1, -0.05) is 6.92 Å². The monoisotopic (exact) mass is 227 g/mol. The Morgan fingerprint density at radius 2 is 2.12 bits per heavy atom. The molecule has 1 aliphatic heterocycles. The van der Waals surface area contributed by atoms with Crippen LogP contribution in [0.25, 0.3) is 0 Å². The quantitative estimate of drug-likeness (QED) is 0.692. The molecule has 1 amide bonds. The number of hydrogen-bond acceptors (Lipinski definition) is 3. The van der Waals surface area contributed by atoms with Gasteiger partial charge in [0.25, 0.3) is 0 Å². The van der Waals surface area contributed by atoms with Crippen LogP contribution in [0.1, 0.15) is 26.2 Å². The van der Waals surface area contributed by atoms with Crippen LogP contribution in [-0.2, 0) is 4.79 Å².